The van der Waals surface area contributed by atoms with Gasteiger partial charge in [-0.15, -0.1) is 0 Å². The predicted molar refractivity (Wildman–Crippen MR) is 164 cm³/mol. The minimum absolute atomic E-state index is 0.0885. The quantitative estimate of drug-likeness (QED) is 0.164. The maximum atomic E-state index is 12.2. The van der Waals surface area contributed by atoms with Crippen LogP contribution in [-0.2, 0) is 27.1 Å². The molecule has 0 spiro atoms. The Hall–Kier alpha value is -5.38. The van der Waals surface area contributed by atoms with Crippen LogP contribution in [0.5, 0.6) is 0 Å². The molecule has 2 heterocycles. The lowest BCUT2D eigenvalue weighted by Crippen LogP contribution is -2.13. The van der Waals surface area contributed by atoms with E-state index in [1.54, 1.807) is 6.92 Å². The maximum Gasteiger partial charge on any atom is 0.356 e. The van der Waals surface area contributed by atoms with Crippen molar-refractivity contribution in [3.05, 3.63) is 131 Å². The zero-order valence-electron chi connectivity index (χ0n) is 25.0. The van der Waals surface area contributed by atoms with Crippen LogP contribution in [0.4, 0.5) is 0 Å². The van der Waals surface area contributed by atoms with E-state index in [4.69, 9.17) is 19.3 Å². The van der Waals surface area contributed by atoms with Gasteiger partial charge in [0.05, 0.1) is 30.9 Å². The summed E-state index contributed by atoms with van der Waals surface area (Å²) >= 11 is 0. The number of carboxylic acids is 1. The first kappa shape index (κ1) is 34.8. The summed E-state index contributed by atoms with van der Waals surface area (Å²) in [6.45, 7) is 6.44. The zero-order valence-corrected chi connectivity index (χ0v) is 25.0. The number of aromatic nitrogens is 2. The Morgan fingerprint density at radius 2 is 1.05 bits per heavy atom. The summed E-state index contributed by atoms with van der Waals surface area (Å²) in [5, 5.41) is 8.61. The van der Waals surface area contributed by atoms with E-state index < -0.39 is 23.9 Å². The third-order valence-electron chi connectivity index (χ3n) is 5.63. The van der Waals surface area contributed by atoms with Gasteiger partial charge in [0, 0.05) is 25.2 Å². The van der Waals surface area contributed by atoms with Crippen LogP contribution in [0.2, 0.25) is 0 Å². The van der Waals surface area contributed by atoms with Gasteiger partial charge in [0.1, 0.15) is 11.4 Å². The third-order valence-corrected chi connectivity index (χ3v) is 5.63. The van der Waals surface area contributed by atoms with Gasteiger partial charge < -0.3 is 19.3 Å². The van der Waals surface area contributed by atoms with E-state index in [1.807, 2.05) is 74.5 Å². The van der Waals surface area contributed by atoms with E-state index in [-0.39, 0.29) is 42.3 Å². The molecule has 0 saturated carbocycles. The second kappa shape index (κ2) is 19.7. The van der Waals surface area contributed by atoms with Crippen LogP contribution < -0.4 is 0 Å². The number of hydrogen-bond acceptors (Lipinski definition) is 9. The lowest BCUT2D eigenvalue weighted by atomic mass is 10.2. The van der Waals surface area contributed by atoms with Crippen molar-refractivity contribution in [1.82, 2.24) is 9.97 Å². The fourth-order valence-electron chi connectivity index (χ4n) is 3.53. The highest BCUT2D eigenvalue weighted by Gasteiger charge is 2.14. The first-order valence-electron chi connectivity index (χ1n) is 14.1. The lowest BCUT2D eigenvalue weighted by molar-refractivity contribution is 0.0495. The number of hydrogen-bond donors (Lipinski definition) is 1. The maximum absolute atomic E-state index is 12.2. The second-order valence-corrected chi connectivity index (χ2v) is 8.63. The van der Waals surface area contributed by atoms with E-state index in [2.05, 4.69) is 9.97 Å². The third kappa shape index (κ3) is 12.2. The Bertz CT molecular complexity index is 1400. The number of pyridine rings is 2. The predicted octanol–water partition coefficient (Wildman–Crippen LogP) is 5.86. The number of rotatable bonds is 11. The fraction of sp³-hybridized carbons (Fsp3) is 0.235. The average Bonchev–Trinajstić information content (AvgIpc) is 3.07. The van der Waals surface area contributed by atoms with Gasteiger partial charge in [0.15, 0.2) is 0 Å². The number of carboxylic acid groups (broad SMARTS) is 1. The largest absolute Gasteiger partial charge is 0.477 e. The molecule has 1 N–H and O–H groups in total. The van der Waals surface area contributed by atoms with Crippen LogP contribution >= 0.6 is 0 Å². The normalized spacial score (nSPS) is 9.70. The van der Waals surface area contributed by atoms with Gasteiger partial charge in [-0.2, -0.15) is 0 Å². The van der Waals surface area contributed by atoms with Crippen LogP contribution in [0.25, 0.3) is 0 Å². The average molecular weight is 601 g/mol. The summed E-state index contributed by atoms with van der Waals surface area (Å²) in [5.74, 6) is -2.76. The minimum atomic E-state index is -1.17. The van der Waals surface area contributed by atoms with Crippen LogP contribution in [-0.4, -0.2) is 58.8 Å². The van der Waals surface area contributed by atoms with E-state index in [1.165, 1.54) is 36.7 Å². The highest BCUT2D eigenvalue weighted by atomic mass is 16.5. The number of benzene rings is 2. The van der Waals surface area contributed by atoms with Crippen LogP contribution in [0.3, 0.4) is 0 Å². The van der Waals surface area contributed by atoms with Crippen molar-refractivity contribution in [1.29, 1.82) is 0 Å². The number of esters is 3. The summed E-state index contributed by atoms with van der Waals surface area (Å²) in [5.41, 5.74) is 2.56. The Balaban J connectivity index is 0.000000355. The number of carbonyl (C=O) groups excluding carboxylic acids is 3. The molecule has 0 fully saturated rings. The molecule has 2 aromatic carbocycles. The van der Waals surface area contributed by atoms with Crippen molar-refractivity contribution in [2.24, 2.45) is 0 Å². The first-order chi connectivity index (χ1) is 21.4. The Morgan fingerprint density at radius 1 is 0.614 bits per heavy atom. The summed E-state index contributed by atoms with van der Waals surface area (Å²) < 4.78 is 15.2. The molecular weight excluding hydrogens is 564 g/mol. The molecule has 10 heteroatoms. The van der Waals surface area contributed by atoms with Crippen molar-refractivity contribution >= 4 is 23.9 Å². The molecular formula is C34H36N2O8. The van der Waals surface area contributed by atoms with E-state index >= 15 is 0 Å². The molecule has 0 radical (unpaired) electrons. The lowest BCUT2D eigenvalue weighted by Gasteiger charge is -2.07. The van der Waals surface area contributed by atoms with Crippen LogP contribution in [0, 0.1) is 0 Å². The van der Waals surface area contributed by atoms with Crippen molar-refractivity contribution < 1.29 is 38.5 Å². The topological polar surface area (TPSA) is 142 Å². The van der Waals surface area contributed by atoms with Crippen molar-refractivity contribution in [3.8, 4) is 0 Å². The molecule has 0 aliphatic rings. The molecule has 10 nitrogen and oxygen atoms in total. The van der Waals surface area contributed by atoms with Gasteiger partial charge in [0.25, 0.3) is 0 Å². The molecule has 0 amide bonds. The number of carbonyl (C=O) groups is 4. The second-order valence-electron chi connectivity index (χ2n) is 8.63. The Kier molecular flexibility index (Phi) is 15.6. The van der Waals surface area contributed by atoms with Gasteiger partial charge >= 0.3 is 23.9 Å². The molecule has 230 valence electrons. The molecule has 44 heavy (non-hydrogen) atoms. The van der Waals surface area contributed by atoms with Crippen LogP contribution in [0.15, 0.2) is 97.3 Å². The standard InChI is InChI=1S/C23H21NO4.C9H9NO4.C2H6/c25-22(27-15-12-18-7-3-1-4-8-18)20-11-14-24-21(17-20)23(26)28-16-13-19-9-5-2-6-10-19;1-2-14-9(13)6-3-4-10-7(5-6)8(11)12;1-2/h1-11,14,17H,12-13,15-16H2;3-5H,2H2,1H3,(H,11,12);1-2H3. The van der Waals surface area contributed by atoms with Gasteiger partial charge in [-0.25, -0.2) is 29.1 Å². The van der Waals surface area contributed by atoms with Gasteiger partial charge in [-0.05, 0) is 42.3 Å². The number of aromatic carboxylic acids is 1. The molecule has 0 unspecified atom stereocenters. The minimum Gasteiger partial charge on any atom is -0.477 e. The van der Waals surface area contributed by atoms with Gasteiger partial charge in [-0.3, -0.25) is 0 Å². The van der Waals surface area contributed by atoms with Crippen LogP contribution in [0.1, 0.15) is 73.6 Å². The molecule has 4 aromatic rings. The molecule has 0 aliphatic carbocycles. The summed E-state index contributed by atoms with van der Waals surface area (Å²) in [4.78, 5) is 53.6. The molecule has 0 bridgehead atoms. The van der Waals surface area contributed by atoms with E-state index in [9.17, 15) is 19.2 Å². The summed E-state index contributed by atoms with van der Waals surface area (Å²) in [6, 6.07) is 25.0. The molecule has 0 saturated heterocycles. The summed E-state index contributed by atoms with van der Waals surface area (Å²) in [6.07, 6.45) is 3.91. The van der Waals surface area contributed by atoms with E-state index in [0.29, 0.717) is 12.8 Å². The Morgan fingerprint density at radius 3 is 1.52 bits per heavy atom. The first-order valence-corrected chi connectivity index (χ1v) is 14.1. The molecule has 4 rings (SSSR count). The highest BCUT2D eigenvalue weighted by Crippen LogP contribution is 2.08. The number of nitrogens with zero attached hydrogens (tertiary/aromatic N) is 2. The highest BCUT2D eigenvalue weighted by molar-refractivity contribution is 5.94. The molecule has 0 atom stereocenters. The number of ether oxygens (including phenoxy) is 3. The van der Waals surface area contributed by atoms with Gasteiger partial charge in [0.2, 0.25) is 0 Å². The smallest absolute Gasteiger partial charge is 0.356 e. The SMILES string of the molecule is CC.CCOC(=O)c1ccnc(C(=O)O)c1.O=C(OCCc1ccccc1)c1ccnc(C(=O)OCCc2ccccc2)c1. The van der Waals surface area contributed by atoms with Crippen molar-refractivity contribution in [2.75, 3.05) is 19.8 Å². The van der Waals surface area contributed by atoms with E-state index in [0.717, 1.165) is 11.1 Å². The monoisotopic (exact) mass is 600 g/mol. The summed E-state index contributed by atoms with van der Waals surface area (Å²) in [7, 11) is 0. The fourth-order valence-corrected chi connectivity index (χ4v) is 3.53. The van der Waals surface area contributed by atoms with Crippen molar-refractivity contribution in [3.63, 3.8) is 0 Å². The molecule has 2 aromatic heterocycles. The zero-order chi connectivity index (χ0) is 32.2. The van der Waals surface area contributed by atoms with Crippen molar-refractivity contribution in [2.45, 2.75) is 33.6 Å². The Labute approximate surface area is 256 Å². The van der Waals surface area contributed by atoms with Gasteiger partial charge in [-0.1, -0.05) is 74.5 Å². The molecule has 0 aliphatic heterocycles.